The maximum atomic E-state index is 12.1. The van der Waals surface area contributed by atoms with Gasteiger partial charge in [0, 0.05) is 63.5 Å². The van der Waals surface area contributed by atoms with Crippen LogP contribution in [0.5, 0.6) is 0 Å². The van der Waals surface area contributed by atoms with Crippen LogP contribution in [0.25, 0.3) is 0 Å². The largest absolute Gasteiger partial charge is 0.392 e. The van der Waals surface area contributed by atoms with E-state index in [-0.39, 0.29) is 24.8 Å². The number of carbonyl (C=O) groups is 1. The summed E-state index contributed by atoms with van der Waals surface area (Å²) in [7, 11) is 0. The second kappa shape index (κ2) is 13.9. The van der Waals surface area contributed by atoms with Gasteiger partial charge in [-0.05, 0) is 35.7 Å². The van der Waals surface area contributed by atoms with Crippen LogP contribution in [0.4, 0.5) is 10.5 Å². The number of carbonyl (C=O) groups excluding carboxylic acids is 1. The van der Waals surface area contributed by atoms with Gasteiger partial charge >= 0.3 is 6.03 Å². The van der Waals surface area contributed by atoms with Crippen LogP contribution in [-0.2, 0) is 22.6 Å². The molecule has 40 heavy (non-hydrogen) atoms. The van der Waals surface area contributed by atoms with Crippen molar-refractivity contribution in [2.45, 2.75) is 45.0 Å². The molecule has 3 aromatic rings. The van der Waals surface area contributed by atoms with Crippen molar-refractivity contribution in [3.63, 3.8) is 0 Å². The number of hydrogen-bond acceptors (Lipinski definition) is 6. The second-order valence-electron chi connectivity index (χ2n) is 10.5. The Morgan fingerprint density at radius 1 is 0.875 bits per heavy atom. The molecule has 2 fully saturated rings. The molecular weight excluding hydrogens is 504 g/mol. The number of nitrogens with one attached hydrogen (secondary N) is 2. The number of anilines is 1. The van der Waals surface area contributed by atoms with Crippen LogP contribution >= 0.6 is 0 Å². The smallest absolute Gasteiger partial charge is 0.319 e. The summed E-state index contributed by atoms with van der Waals surface area (Å²) in [6, 6.07) is 26.0. The number of nitrogens with zero attached hydrogens (tertiary/aromatic N) is 2. The highest BCUT2D eigenvalue weighted by Gasteiger charge is 2.34. The van der Waals surface area contributed by atoms with Gasteiger partial charge in [0.2, 0.25) is 0 Å². The summed E-state index contributed by atoms with van der Waals surface area (Å²) < 4.78 is 13.1. The molecule has 0 spiro atoms. The van der Waals surface area contributed by atoms with E-state index in [4.69, 9.17) is 9.47 Å². The van der Waals surface area contributed by atoms with Gasteiger partial charge in [-0.25, -0.2) is 4.79 Å². The van der Waals surface area contributed by atoms with E-state index in [2.05, 4.69) is 50.8 Å². The van der Waals surface area contributed by atoms with Crippen LogP contribution < -0.4 is 10.6 Å². The molecule has 3 aromatic carbocycles. The van der Waals surface area contributed by atoms with Crippen LogP contribution in [-0.4, -0.2) is 66.3 Å². The van der Waals surface area contributed by atoms with Gasteiger partial charge in [-0.2, -0.15) is 0 Å². The fourth-order valence-electron chi connectivity index (χ4n) is 5.39. The number of benzene rings is 3. The lowest BCUT2D eigenvalue weighted by Gasteiger charge is -2.41. The zero-order valence-corrected chi connectivity index (χ0v) is 23.2. The summed E-state index contributed by atoms with van der Waals surface area (Å²) >= 11 is 0. The van der Waals surface area contributed by atoms with Crippen molar-refractivity contribution in [3.05, 3.63) is 101 Å². The summed E-state index contributed by atoms with van der Waals surface area (Å²) in [6.07, 6.45) is 0.0326. The predicted octanol–water partition coefficient (Wildman–Crippen LogP) is 4.68. The maximum absolute atomic E-state index is 12.1. The molecule has 5 rings (SSSR count). The third kappa shape index (κ3) is 7.68. The first-order valence-corrected chi connectivity index (χ1v) is 14.2. The predicted molar refractivity (Wildman–Crippen MR) is 156 cm³/mol. The Bertz CT molecular complexity index is 1220. The highest BCUT2D eigenvalue weighted by molar-refractivity contribution is 5.89. The number of urea groups is 1. The number of aliphatic hydroxyl groups is 1. The molecule has 3 atom stereocenters. The first-order chi connectivity index (χ1) is 19.6. The van der Waals surface area contributed by atoms with Gasteiger partial charge < -0.3 is 25.2 Å². The van der Waals surface area contributed by atoms with Crippen molar-refractivity contribution >= 4 is 11.7 Å². The molecule has 3 N–H and O–H groups in total. The van der Waals surface area contributed by atoms with Gasteiger partial charge in [-0.3, -0.25) is 9.80 Å². The van der Waals surface area contributed by atoms with E-state index < -0.39 is 6.29 Å². The van der Waals surface area contributed by atoms with E-state index >= 15 is 0 Å². The number of hydrogen-bond donors (Lipinski definition) is 3. The maximum Gasteiger partial charge on any atom is 0.319 e. The van der Waals surface area contributed by atoms with Crippen molar-refractivity contribution in [2.24, 2.45) is 0 Å². The van der Waals surface area contributed by atoms with Gasteiger partial charge in [-0.1, -0.05) is 66.7 Å². The summed E-state index contributed by atoms with van der Waals surface area (Å²) in [5.74, 6) is 0. The van der Waals surface area contributed by atoms with Crippen LogP contribution in [0.2, 0.25) is 0 Å². The van der Waals surface area contributed by atoms with E-state index in [1.807, 2.05) is 55.5 Å². The van der Waals surface area contributed by atoms with Crippen molar-refractivity contribution in [1.82, 2.24) is 15.1 Å². The molecule has 0 saturated carbocycles. The molecule has 0 unspecified atom stereocenters. The van der Waals surface area contributed by atoms with Gasteiger partial charge in [0.25, 0.3) is 0 Å². The number of rotatable bonds is 9. The molecule has 2 aliphatic heterocycles. The molecular formula is C32H40N4O4. The van der Waals surface area contributed by atoms with E-state index in [0.717, 1.165) is 62.4 Å². The van der Waals surface area contributed by atoms with Crippen molar-refractivity contribution in [3.8, 4) is 0 Å². The molecule has 2 heterocycles. The van der Waals surface area contributed by atoms with E-state index in [9.17, 15) is 9.90 Å². The minimum Gasteiger partial charge on any atom is -0.392 e. The van der Waals surface area contributed by atoms with E-state index in [1.54, 1.807) is 0 Å². The first-order valence-electron chi connectivity index (χ1n) is 14.2. The molecule has 2 saturated heterocycles. The fourth-order valence-corrected chi connectivity index (χ4v) is 5.39. The van der Waals surface area contributed by atoms with Crippen LogP contribution in [0.15, 0.2) is 78.9 Å². The molecule has 0 aromatic heterocycles. The Labute approximate surface area is 236 Å². The summed E-state index contributed by atoms with van der Waals surface area (Å²) in [5, 5.41) is 15.1. The minimum atomic E-state index is -0.559. The van der Waals surface area contributed by atoms with Crippen molar-refractivity contribution < 1.29 is 19.4 Å². The van der Waals surface area contributed by atoms with E-state index in [0.29, 0.717) is 12.2 Å². The molecule has 2 amide bonds. The first kappa shape index (κ1) is 28.3. The number of amides is 2. The number of ether oxygens (including phenoxy) is 2. The summed E-state index contributed by atoms with van der Waals surface area (Å²) in [5.41, 5.74) is 4.85. The van der Waals surface area contributed by atoms with Gasteiger partial charge in [-0.15, -0.1) is 0 Å². The Hall–Kier alpha value is -3.27. The lowest BCUT2D eigenvalue weighted by molar-refractivity contribution is -0.253. The third-order valence-electron chi connectivity index (χ3n) is 7.54. The molecule has 8 heteroatoms. The van der Waals surface area contributed by atoms with Crippen LogP contribution in [0.1, 0.15) is 48.0 Å². The molecule has 0 radical (unpaired) electrons. The Kier molecular flexibility index (Phi) is 9.81. The molecule has 2 aliphatic rings. The topological polar surface area (TPSA) is 86.3 Å². The monoisotopic (exact) mass is 544 g/mol. The third-order valence-corrected chi connectivity index (χ3v) is 7.54. The van der Waals surface area contributed by atoms with Crippen molar-refractivity contribution in [2.75, 3.05) is 44.6 Å². The average Bonchev–Trinajstić information content (AvgIpc) is 2.99. The quantitative estimate of drug-likeness (QED) is 0.363. The molecule has 0 aliphatic carbocycles. The highest BCUT2D eigenvalue weighted by atomic mass is 16.7. The Morgan fingerprint density at radius 2 is 1.62 bits per heavy atom. The summed E-state index contributed by atoms with van der Waals surface area (Å²) in [6.45, 7) is 8.33. The minimum absolute atomic E-state index is 0.0121. The zero-order chi connectivity index (χ0) is 27.7. The summed E-state index contributed by atoms with van der Waals surface area (Å²) in [4.78, 5) is 17.1. The Morgan fingerprint density at radius 3 is 2.35 bits per heavy atom. The lowest BCUT2D eigenvalue weighted by atomic mass is 9.99. The number of piperazine rings is 1. The zero-order valence-electron chi connectivity index (χ0n) is 23.2. The van der Waals surface area contributed by atoms with Gasteiger partial charge in [0.05, 0.1) is 18.8 Å². The molecule has 8 nitrogen and oxygen atoms in total. The van der Waals surface area contributed by atoms with Crippen LogP contribution in [0.3, 0.4) is 0 Å². The van der Waals surface area contributed by atoms with E-state index in [1.165, 1.54) is 5.56 Å². The average molecular weight is 545 g/mol. The fraction of sp³-hybridized carbons (Fsp3) is 0.406. The lowest BCUT2D eigenvalue weighted by Crippen LogP contribution is -2.49. The van der Waals surface area contributed by atoms with Gasteiger partial charge in [0.15, 0.2) is 6.29 Å². The SMILES string of the molecule is CCNC(=O)Nc1cccc([C@@H]2O[C@H](CN3CCN(Cc4ccccc4)CC3)C[C@H](c3ccc(CO)cc3)O2)c1. The normalized spacial score (nSPS) is 22.1. The molecule has 212 valence electrons. The standard InChI is InChI=1S/C32H40N4O4/c1-2-33-32(38)34-28-10-6-9-27(19-28)31-39-29(20-30(40-31)26-13-11-25(23-37)12-14-26)22-36-17-15-35(16-18-36)21-24-7-4-3-5-8-24/h3-14,19,29-31,37H,2,15-18,20-23H2,1H3,(H2,33,34,38)/t29-,30+,31+/m0/s1. The van der Waals surface area contributed by atoms with Gasteiger partial charge in [0.1, 0.15) is 0 Å². The van der Waals surface area contributed by atoms with Crippen LogP contribution in [0, 0.1) is 0 Å². The van der Waals surface area contributed by atoms with Crippen molar-refractivity contribution in [1.29, 1.82) is 0 Å². The Balaban J connectivity index is 1.26. The second-order valence-corrected chi connectivity index (χ2v) is 10.5. The molecule has 0 bridgehead atoms. The number of aliphatic hydroxyl groups excluding tert-OH is 1. The highest BCUT2D eigenvalue weighted by Crippen LogP contribution is 2.38.